The van der Waals surface area contributed by atoms with Crippen LogP contribution in [0.2, 0.25) is 0 Å². The fourth-order valence-corrected chi connectivity index (χ4v) is 3.87. The summed E-state index contributed by atoms with van der Waals surface area (Å²) in [5, 5.41) is 0.966. The smallest absolute Gasteiger partial charge is 0.380 e. The van der Waals surface area contributed by atoms with E-state index in [1.54, 1.807) is 28.8 Å². The lowest BCUT2D eigenvalue weighted by Crippen LogP contribution is -2.14. The van der Waals surface area contributed by atoms with Gasteiger partial charge in [-0.1, -0.05) is 12.1 Å². The van der Waals surface area contributed by atoms with E-state index in [9.17, 15) is 22.4 Å². The number of fused-ring (bicyclic) bond motifs is 3. The number of benzene rings is 3. The van der Waals surface area contributed by atoms with E-state index in [4.69, 9.17) is 10.5 Å². The third-order valence-corrected chi connectivity index (χ3v) is 5.17. The Morgan fingerprint density at radius 2 is 1.90 bits per heavy atom. The van der Waals surface area contributed by atoms with Gasteiger partial charge in [-0.15, -0.1) is 0 Å². The van der Waals surface area contributed by atoms with Gasteiger partial charge < -0.3 is 15.0 Å². The Hall–Kier alpha value is -3.39. The molecule has 31 heavy (non-hydrogen) atoms. The van der Waals surface area contributed by atoms with Crippen LogP contribution in [0.5, 0.6) is 0 Å². The number of alkyl halides is 3. The van der Waals surface area contributed by atoms with Crippen LogP contribution in [-0.4, -0.2) is 17.6 Å². The predicted molar refractivity (Wildman–Crippen MR) is 108 cm³/mol. The van der Waals surface area contributed by atoms with Gasteiger partial charge in [0, 0.05) is 29.0 Å². The second kappa shape index (κ2) is 7.70. The summed E-state index contributed by atoms with van der Waals surface area (Å²) in [6.45, 7) is -0.141. The number of aromatic nitrogens is 1. The van der Waals surface area contributed by atoms with Crippen LogP contribution in [0.3, 0.4) is 0 Å². The molecule has 3 aromatic carbocycles. The van der Waals surface area contributed by atoms with Gasteiger partial charge in [0.05, 0.1) is 29.7 Å². The van der Waals surface area contributed by atoms with Crippen LogP contribution in [0.1, 0.15) is 27.0 Å². The molecule has 4 rings (SSSR count). The summed E-state index contributed by atoms with van der Waals surface area (Å²) in [5.74, 6) is -1.64. The number of methoxy groups -OCH3 is 1. The number of hydrogen-bond donors (Lipinski definition) is 1. The maximum absolute atomic E-state index is 14.6. The van der Waals surface area contributed by atoms with Crippen molar-refractivity contribution < 1.29 is 27.1 Å². The number of primary amides is 1. The van der Waals surface area contributed by atoms with Crippen LogP contribution in [0.4, 0.5) is 17.6 Å². The topological polar surface area (TPSA) is 57.2 Å². The van der Waals surface area contributed by atoms with Crippen LogP contribution in [-0.2, 0) is 24.1 Å². The van der Waals surface area contributed by atoms with Gasteiger partial charge >= 0.3 is 6.18 Å². The van der Waals surface area contributed by atoms with Crippen molar-refractivity contribution in [2.24, 2.45) is 5.73 Å². The van der Waals surface area contributed by atoms with Crippen molar-refractivity contribution in [2.75, 3.05) is 7.11 Å². The summed E-state index contributed by atoms with van der Waals surface area (Å²) in [5.41, 5.74) is 5.87. The molecule has 0 bridgehead atoms. The average Bonchev–Trinajstić information content (AvgIpc) is 3.02. The van der Waals surface area contributed by atoms with E-state index in [1.807, 2.05) is 0 Å². The zero-order valence-corrected chi connectivity index (χ0v) is 16.4. The molecule has 159 valence electrons. The van der Waals surface area contributed by atoms with Crippen molar-refractivity contribution in [3.05, 3.63) is 82.7 Å². The second-order valence-electron chi connectivity index (χ2n) is 7.11. The molecule has 0 atom stereocenters. The predicted octanol–water partition coefficient (Wildman–Crippen LogP) is 5.05. The summed E-state index contributed by atoms with van der Waals surface area (Å²) < 4.78 is 61.9. The highest BCUT2D eigenvalue weighted by Gasteiger charge is 2.34. The molecule has 0 spiro atoms. The Morgan fingerprint density at radius 1 is 1.16 bits per heavy atom. The lowest BCUT2D eigenvalue weighted by atomic mass is 10.0. The van der Waals surface area contributed by atoms with E-state index in [2.05, 4.69) is 6.07 Å². The largest absolute Gasteiger partial charge is 0.416 e. The van der Waals surface area contributed by atoms with Crippen LogP contribution < -0.4 is 5.73 Å². The van der Waals surface area contributed by atoms with Gasteiger partial charge in [0.25, 0.3) is 0 Å². The first kappa shape index (κ1) is 20.9. The van der Waals surface area contributed by atoms with Gasteiger partial charge in [-0.2, -0.15) is 13.2 Å². The average molecular weight is 429 g/mol. The molecule has 0 fully saturated rings. The molecule has 1 amide bonds. The minimum absolute atomic E-state index is 0.210. The van der Waals surface area contributed by atoms with Gasteiger partial charge in [-0.05, 0) is 48.0 Å². The lowest BCUT2D eigenvalue weighted by Gasteiger charge is -2.16. The highest BCUT2D eigenvalue weighted by atomic mass is 19.4. The van der Waals surface area contributed by atoms with E-state index in [0.29, 0.717) is 21.8 Å². The van der Waals surface area contributed by atoms with Crippen molar-refractivity contribution in [3.8, 4) is 0 Å². The van der Waals surface area contributed by atoms with Crippen molar-refractivity contribution in [1.82, 2.24) is 4.57 Å². The van der Waals surface area contributed by atoms with Crippen molar-refractivity contribution in [2.45, 2.75) is 19.3 Å². The number of carbonyl (C=O) groups is 1. The number of rotatable bonds is 5. The van der Waals surface area contributed by atoms with E-state index >= 15 is 0 Å². The van der Waals surface area contributed by atoms with Gasteiger partial charge in [-0.3, -0.25) is 4.79 Å². The Kier molecular flexibility index (Phi) is 5.18. The molecule has 2 N–H and O–H groups in total. The zero-order chi connectivity index (χ0) is 22.3. The van der Waals surface area contributed by atoms with Crippen LogP contribution in [0.15, 0.2) is 48.5 Å². The summed E-state index contributed by atoms with van der Waals surface area (Å²) >= 11 is 0. The van der Waals surface area contributed by atoms with Crippen LogP contribution >= 0.6 is 0 Å². The standard InChI is InChI=1S/C23H17F4N2O2/c1-31-12-13-8-9-14-20(10-13)29(19-7-2-4-15(21(14)19)22(28)30)11-16-17(23(25,26)27)5-3-6-18(16)24/h2-8,10H,11-12H2,1H3,(H2,28,30). The molecule has 0 aliphatic heterocycles. The van der Waals surface area contributed by atoms with Gasteiger partial charge in [-0.25, -0.2) is 4.39 Å². The summed E-state index contributed by atoms with van der Waals surface area (Å²) in [6.07, 6.45) is -4.72. The molecule has 0 saturated carbocycles. The van der Waals surface area contributed by atoms with E-state index in [1.165, 1.54) is 13.2 Å². The fraction of sp³-hybridized carbons (Fsp3) is 0.174. The number of amides is 1. The Labute approximate surface area is 174 Å². The molecule has 1 aromatic heterocycles. The van der Waals surface area contributed by atoms with Crippen molar-refractivity contribution in [3.63, 3.8) is 0 Å². The SMILES string of the molecule is COCc1c[c]c2c3c(C(N)=O)cccc3n(Cc3c(F)cccc3C(F)(F)F)c2c1. The summed E-state index contributed by atoms with van der Waals surface area (Å²) in [4.78, 5) is 12.0. The molecular weight excluding hydrogens is 412 g/mol. The van der Waals surface area contributed by atoms with Gasteiger partial charge in [0.1, 0.15) is 5.82 Å². The highest BCUT2D eigenvalue weighted by molar-refractivity contribution is 6.17. The molecule has 1 heterocycles. The quantitative estimate of drug-likeness (QED) is 0.452. The van der Waals surface area contributed by atoms with Crippen molar-refractivity contribution >= 4 is 27.7 Å². The number of ether oxygens (including phenoxy) is 1. The Bertz CT molecular complexity index is 1310. The van der Waals surface area contributed by atoms with Crippen LogP contribution in [0.25, 0.3) is 21.8 Å². The molecule has 4 aromatic rings. The van der Waals surface area contributed by atoms with E-state index in [0.717, 1.165) is 23.8 Å². The molecule has 0 unspecified atom stereocenters. The first-order valence-electron chi connectivity index (χ1n) is 9.31. The minimum Gasteiger partial charge on any atom is -0.380 e. The maximum Gasteiger partial charge on any atom is 0.416 e. The Morgan fingerprint density at radius 3 is 2.58 bits per heavy atom. The number of nitrogens with two attached hydrogens (primary N) is 1. The molecule has 4 nitrogen and oxygen atoms in total. The van der Waals surface area contributed by atoms with Gasteiger partial charge in [0.2, 0.25) is 5.91 Å². The number of nitrogens with zero attached hydrogens (tertiary/aromatic N) is 1. The maximum atomic E-state index is 14.6. The van der Waals surface area contributed by atoms with Crippen LogP contribution in [0, 0.1) is 11.9 Å². The molecule has 8 heteroatoms. The molecule has 0 aliphatic rings. The summed E-state index contributed by atoms with van der Waals surface area (Å²) in [6, 6.07) is 14.1. The van der Waals surface area contributed by atoms with E-state index < -0.39 is 35.6 Å². The third-order valence-electron chi connectivity index (χ3n) is 5.17. The molecule has 0 aliphatic carbocycles. The molecular formula is C23H17F4N2O2. The third kappa shape index (κ3) is 3.63. The second-order valence-corrected chi connectivity index (χ2v) is 7.11. The number of hydrogen-bond acceptors (Lipinski definition) is 2. The first-order chi connectivity index (χ1) is 14.7. The summed E-state index contributed by atoms with van der Waals surface area (Å²) in [7, 11) is 1.51. The van der Waals surface area contributed by atoms with Crippen molar-refractivity contribution in [1.29, 1.82) is 0 Å². The lowest BCUT2D eigenvalue weighted by molar-refractivity contribution is -0.138. The highest BCUT2D eigenvalue weighted by Crippen LogP contribution is 2.37. The monoisotopic (exact) mass is 429 g/mol. The zero-order valence-electron chi connectivity index (χ0n) is 16.4. The number of carbonyl (C=O) groups excluding carboxylic acids is 1. The van der Waals surface area contributed by atoms with Gasteiger partial charge in [0.15, 0.2) is 0 Å². The van der Waals surface area contributed by atoms with E-state index in [-0.39, 0.29) is 12.2 Å². The number of halogens is 4. The first-order valence-corrected chi connectivity index (χ1v) is 9.31. The normalized spacial score (nSPS) is 12.0. The minimum atomic E-state index is -4.72. The molecule has 1 radical (unpaired) electrons. The molecule has 0 saturated heterocycles. The fourth-order valence-electron chi connectivity index (χ4n) is 3.87. The Balaban J connectivity index is 2.05.